The van der Waals surface area contributed by atoms with Crippen molar-refractivity contribution in [3.8, 4) is 0 Å². The smallest absolute Gasteiger partial charge is 0.254 e. The molecule has 1 unspecified atom stereocenters. The predicted molar refractivity (Wildman–Crippen MR) is 145 cm³/mol. The fourth-order valence-electron chi connectivity index (χ4n) is 5.13. The number of carbonyl (C=O) groups excluding carboxylic acids is 1. The van der Waals surface area contributed by atoms with Gasteiger partial charge in [-0.1, -0.05) is 66.2 Å². The van der Waals surface area contributed by atoms with Crippen LogP contribution in [0.1, 0.15) is 39.5 Å². The van der Waals surface area contributed by atoms with E-state index in [1.165, 1.54) is 21.9 Å². The first-order chi connectivity index (χ1) is 17.7. The van der Waals surface area contributed by atoms with Gasteiger partial charge in [0.25, 0.3) is 5.91 Å². The minimum absolute atomic E-state index is 0.0568. The number of morpholine rings is 1. The number of rotatable bonds is 4. The van der Waals surface area contributed by atoms with E-state index in [1.807, 2.05) is 29.2 Å². The molecule has 0 saturated carbocycles. The lowest BCUT2D eigenvalue weighted by Gasteiger charge is -2.27. The van der Waals surface area contributed by atoms with Crippen molar-refractivity contribution in [3.05, 3.63) is 113 Å². The van der Waals surface area contributed by atoms with Gasteiger partial charge in [-0.05, 0) is 59.2 Å². The normalized spacial score (nSPS) is 17.9. The van der Waals surface area contributed by atoms with E-state index in [0.717, 1.165) is 23.4 Å². The molecule has 2 heterocycles. The molecule has 0 aliphatic carbocycles. The summed E-state index contributed by atoms with van der Waals surface area (Å²) in [4.78, 5) is 14.8. The Bertz CT molecular complexity index is 1440. The molecule has 36 heavy (non-hydrogen) atoms. The van der Waals surface area contributed by atoms with Crippen LogP contribution < -0.4 is 5.01 Å². The Labute approximate surface area is 211 Å². The first-order valence-corrected chi connectivity index (χ1v) is 12.6. The predicted octanol–water partition coefficient (Wildman–Crippen LogP) is 5.98. The molecule has 0 aromatic heterocycles. The van der Waals surface area contributed by atoms with Crippen LogP contribution in [-0.4, -0.2) is 42.8 Å². The minimum atomic E-state index is 0.0568. The quantitative estimate of drug-likeness (QED) is 0.365. The lowest BCUT2D eigenvalue weighted by atomic mass is 9.95. The zero-order valence-electron chi connectivity index (χ0n) is 20.4. The van der Waals surface area contributed by atoms with Crippen LogP contribution in [0.4, 0.5) is 5.69 Å². The molecule has 0 bridgehead atoms. The number of anilines is 1. The Morgan fingerprint density at radius 1 is 0.861 bits per heavy atom. The third-order valence-electron chi connectivity index (χ3n) is 7.10. The number of hydrazone groups is 1. The van der Waals surface area contributed by atoms with Crippen molar-refractivity contribution in [1.82, 2.24) is 4.90 Å². The van der Waals surface area contributed by atoms with Gasteiger partial charge in [0.15, 0.2) is 0 Å². The number of ether oxygens (including phenoxy) is 1. The Morgan fingerprint density at radius 2 is 1.64 bits per heavy atom. The maximum atomic E-state index is 12.9. The van der Waals surface area contributed by atoms with Gasteiger partial charge in [0.2, 0.25) is 0 Å². The van der Waals surface area contributed by atoms with Gasteiger partial charge < -0.3 is 9.64 Å². The van der Waals surface area contributed by atoms with Crippen LogP contribution in [0.3, 0.4) is 0 Å². The average molecular weight is 476 g/mol. The van der Waals surface area contributed by atoms with E-state index in [9.17, 15) is 4.79 Å². The lowest BCUT2D eigenvalue weighted by Crippen LogP contribution is -2.40. The van der Waals surface area contributed by atoms with Crippen molar-refractivity contribution in [2.24, 2.45) is 5.10 Å². The van der Waals surface area contributed by atoms with Gasteiger partial charge in [-0.3, -0.25) is 9.80 Å². The average Bonchev–Trinajstić information content (AvgIpc) is 3.39. The molecule has 1 atom stereocenters. The van der Waals surface area contributed by atoms with Crippen LogP contribution in [0.25, 0.3) is 10.8 Å². The Kier molecular flexibility index (Phi) is 5.99. The number of hydrogen-bond acceptors (Lipinski definition) is 4. The first kappa shape index (κ1) is 22.5. The first-order valence-electron chi connectivity index (χ1n) is 12.6. The molecule has 0 N–H and O–H groups in total. The van der Waals surface area contributed by atoms with Crippen molar-refractivity contribution in [2.45, 2.75) is 19.4 Å². The van der Waals surface area contributed by atoms with E-state index < -0.39 is 0 Å². The summed E-state index contributed by atoms with van der Waals surface area (Å²) in [6.07, 6.45) is 0.816. The highest BCUT2D eigenvalue weighted by Gasteiger charge is 2.30. The van der Waals surface area contributed by atoms with Crippen LogP contribution in [0.2, 0.25) is 0 Å². The molecule has 0 spiro atoms. The van der Waals surface area contributed by atoms with Crippen LogP contribution in [-0.2, 0) is 4.74 Å². The van der Waals surface area contributed by atoms with Gasteiger partial charge in [0.05, 0.1) is 30.7 Å². The molecule has 180 valence electrons. The summed E-state index contributed by atoms with van der Waals surface area (Å²) in [6.45, 7) is 4.59. The number of benzene rings is 4. The van der Waals surface area contributed by atoms with Crippen molar-refractivity contribution in [1.29, 1.82) is 0 Å². The molecule has 5 nitrogen and oxygen atoms in total. The van der Waals surface area contributed by atoms with E-state index in [2.05, 4.69) is 78.7 Å². The molecular weight excluding hydrogens is 446 g/mol. The summed E-state index contributed by atoms with van der Waals surface area (Å²) in [5, 5.41) is 9.69. The molecule has 4 aromatic rings. The van der Waals surface area contributed by atoms with Crippen LogP contribution in [0, 0.1) is 6.92 Å². The third-order valence-corrected chi connectivity index (χ3v) is 7.10. The van der Waals surface area contributed by atoms with Crippen molar-refractivity contribution in [3.63, 3.8) is 0 Å². The fraction of sp³-hybridized carbons (Fsp3) is 0.226. The molecule has 5 heteroatoms. The standard InChI is InChI=1S/C31H29N3O2/c1-22-5-4-8-26(19-22)29-21-30(27-10-9-23-6-2-3-7-25(23)20-27)34(32-29)28-13-11-24(12-14-28)31(35)33-15-17-36-18-16-33/h2-14,19-20,30H,15-18,21H2,1H3. The summed E-state index contributed by atoms with van der Waals surface area (Å²) >= 11 is 0. The molecule has 2 aliphatic rings. The maximum absolute atomic E-state index is 12.9. The van der Waals surface area contributed by atoms with Crippen LogP contribution in [0.15, 0.2) is 96.1 Å². The highest BCUT2D eigenvalue weighted by molar-refractivity contribution is 6.03. The van der Waals surface area contributed by atoms with Crippen molar-refractivity contribution in [2.75, 3.05) is 31.3 Å². The summed E-state index contributed by atoms with van der Waals surface area (Å²) in [7, 11) is 0. The van der Waals surface area contributed by atoms with Crippen LogP contribution >= 0.6 is 0 Å². The van der Waals surface area contributed by atoms with Gasteiger partial charge in [0.1, 0.15) is 0 Å². The molecule has 1 saturated heterocycles. The molecule has 6 rings (SSSR count). The maximum Gasteiger partial charge on any atom is 0.254 e. The number of fused-ring (bicyclic) bond motifs is 1. The lowest BCUT2D eigenvalue weighted by molar-refractivity contribution is 0.0303. The minimum Gasteiger partial charge on any atom is -0.378 e. The SMILES string of the molecule is Cc1cccc(C2=NN(c3ccc(C(=O)N4CCOCC4)cc3)C(c3ccc4ccccc4c3)C2)c1. The Balaban J connectivity index is 1.35. The molecule has 1 amide bonds. The number of carbonyl (C=O) groups is 1. The van der Waals surface area contributed by atoms with Gasteiger partial charge in [0, 0.05) is 25.1 Å². The van der Waals surface area contributed by atoms with Gasteiger partial charge in [-0.25, -0.2) is 0 Å². The zero-order valence-corrected chi connectivity index (χ0v) is 20.4. The van der Waals surface area contributed by atoms with Crippen LogP contribution in [0.5, 0.6) is 0 Å². The summed E-state index contributed by atoms with van der Waals surface area (Å²) in [5.74, 6) is 0.0568. The number of amides is 1. The largest absolute Gasteiger partial charge is 0.378 e. The number of aryl methyl sites for hydroxylation is 1. The summed E-state index contributed by atoms with van der Waals surface area (Å²) in [5.41, 5.74) is 6.36. The van der Waals surface area contributed by atoms with E-state index in [-0.39, 0.29) is 11.9 Å². The Morgan fingerprint density at radius 3 is 2.42 bits per heavy atom. The number of hydrogen-bond donors (Lipinski definition) is 0. The second-order valence-corrected chi connectivity index (χ2v) is 9.54. The molecule has 4 aromatic carbocycles. The molecule has 2 aliphatic heterocycles. The zero-order chi connectivity index (χ0) is 24.5. The third kappa shape index (κ3) is 4.38. The second-order valence-electron chi connectivity index (χ2n) is 9.54. The van der Waals surface area contributed by atoms with E-state index in [1.54, 1.807) is 0 Å². The topological polar surface area (TPSA) is 45.1 Å². The van der Waals surface area contributed by atoms with E-state index >= 15 is 0 Å². The molecule has 1 fully saturated rings. The highest BCUT2D eigenvalue weighted by atomic mass is 16.5. The molecule has 0 radical (unpaired) electrons. The fourth-order valence-corrected chi connectivity index (χ4v) is 5.13. The summed E-state index contributed by atoms with van der Waals surface area (Å²) in [6, 6.07) is 31.6. The van der Waals surface area contributed by atoms with Crippen molar-refractivity contribution >= 4 is 28.1 Å². The number of nitrogens with zero attached hydrogens (tertiary/aromatic N) is 3. The second kappa shape index (κ2) is 9.59. The monoisotopic (exact) mass is 475 g/mol. The van der Waals surface area contributed by atoms with Gasteiger partial charge in [-0.2, -0.15) is 5.10 Å². The summed E-state index contributed by atoms with van der Waals surface area (Å²) < 4.78 is 5.39. The van der Waals surface area contributed by atoms with E-state index in [4.69, 9.17) is 9.84 Å². The van der Waals surface area contributed by atoms with Gasteiger partial charge in [-0.15, -0.1) is 0 Å². The highest BCUT2D eigenvalue weighted by Crippen LogP contribution is 2.38. The van der Waals surface area contributed by atoms with E-state index in [0.29, 0.717) is 31.9 Å². The van der Waals surface area contributed by atoms with Crippen molar-refractivity contribution < 1.29 is 9.53 Å². The molecular formula is C31H29N3O2. The van der Waals surface area contributed by atoms with Gasteiger partial charge >= 0.3 is 0 Å². The Hall–Kier alpha value is -3.96.